The first-order valence-corrected chi connectivity index (χ1v) is 11.1. The van der Waals surface area contributed by atoms with Gasteiger partial charge in [-0.15, -0.1) is 0 Å². The van der Waals surface area contributed by atoms with Gasteiger partial charge >= 0.3 is 6.03 Å². The molecule has 3 aromatic rings. The molecule has 0 saturated heterocycles. The van der Waals surface area contributed by atoms with Gasteiger partial charge in [-0.2, -0.15) is 5.10 Å². The van der Waals surface area contributed by atoms with Crippen LogP contribution in [-0.4, -0.2) is 22.3 Å². The topological polar surface area (TPSA) is 96.1 Å². The normalized spacial score (nSPS) is 17.2. The highest BCUT2D eigenvalue weighted by Gasteiger charge is 2.29. The number of hydrogen-bond donors (Lipinski definition) is 3. The fourth-order valence-electron chi connectivity index (χ4n) is 4.06. The molecule has 2 unspecified atom stereocenters. The van der Waals surface area contributed by atoms with E-state index in [-0.39, 0.29) is 40.6 Å². The van der Waals surface area contributed by atoms with Crippen molar-refractivity contribution in [3.63, 3.8) is 0 Å². The maximum Gasteiger partial charge on any atom is 0.319 e. The Morgan fingerprint density at radius 3 is 2.82 bits per heavy atom. The van der Waals surface area contributed by atoms with Crippen molar-refractivity contribution in [1.29, 1.82) is 0 Å². The van der Waals surface area contributed by atoms with Crippen LogP contribution in [0.2, 0.25) is 5.02 Å². The number of halogens is 2. The van der Waals surface area contributed by atoms with Crippen LogP contribution in [-0.2, 0) is 13.0 Å². The highest BCUT2D eigenvalue weighted by atomic mass is 35.5. The predicted molar refractivity (Wildman–Crippen MR) is 124 cm³/mol. The van der Waals surface area contributed by atoms with Crippen molar-refractivity contribution < 1.29 is 13.9 Å². The Morgan fingerprint density at radius 1 is 1.27 bits per heavy atom. The number of H-pyrrole nitrogens is 1. The lowest BCUT2D eigenvalue weighted by molar-refractivity contribution is 0.245. The van der Waals surface area contributed by atoms with Crippen LogP contribution < -0.4 is 20.9 Å². The number of ether oxygens (including phenoxy) is 1. The zero-order valence-corrected chi connectivity index (χ0v) is 18.8. The quantitative estimate of drug-likeness (QED) is 0.483. The molecule has 1 aromatic heterocycles. The number of benzene rings is 2. The van der Waals surface area contributed by atoms with E-state index >= 15 is 0 Å². The summed E-state index contributed by atoms with van der Waals surface area (Å²) in [6.07, 6.45) is 1.97. The van der Waals surface area contributed by atoms with E-state index in [4.69, 9.17) is 16.3 Å². The Kier molecular flexibility index (Phi) is 6.93. The number of nitrogens with zero attached hydrogens (tertiary/aromatic N) is 1. The molecule has 0 fully saturated rings. The van der Waals surface area contributed by atoms with E-state index in [1.54, 1.807) is 0 Å². The number of aromatic amines is 1. The van der Waals surface area contributed by atoms with Gasteiger partial charge in [-0.05, 0) is 36.5 Å². The summed E-state index contributed by atoms with van der Waals surface area (Å²) in [5.41, 5.74) is 2.27. The molecular weight excluding hydrogens is 447 g/mol. The maximum atomic E-state index is 14.6. The first kappa shape index (κ1) is 22.8. The monoisotopic (exact) mass is 470 g/mol. The van der Waals surface area contributed by atoms with Crippen molar-refractivity contribution in [1.82, 2.24) is 15.5 Å². The first-order valence-electron chi connectivity index (χ1n) is 10.7. The van der Waals surface area contributed by atoms with Gasteiger partial charge in [-0.25, -0.2) is 14.3 Å². The summed E-state index contributed by atoms with van der Waals surface area (Å²) in [7, 11) is 0. The van der Waals surface area contributed by atoms with Crippen LogP contribution in [0.3, 0.4) is 0 Å². The van der Waals surface area contributed by atoms with Gasteiger partial charge in [-0.3, -0.25) is 4.79 Å². The molecule has 0 radical (unpaired) electrons. The highest BCUT2D eigenvalue weighted by molar-refractivity contribution is 6.32. The van der Waals surface area contributed by atoms with Crippen LogP contribution in [0.25, 0.3) is 0 Å². The largest absolute Gasteiger partial charge is 0.487 e. The van der Waals surface area contributed by atoms with Crippen molar-refractivity contribution >= 4 is 23.3 Å². The number of hydrogen-bond acceptors (Lipinski definition) is 4. The van der Waals surface area contributed by atoms with E-state index in [2.05, 4.69) is 20.8 Å². The minimum Gasteiger partial charge on any atom is -0.487 e. The molecule has 7 nitrogen and oxygen atoms in total. The lowest BCUT2D eigenvalue weighted by atomic mass is 9.82. The number of rotatable bonds is 6. The molecule has 0 spiro atoms. The van der Waals surface area contributed by atoms with E-state index < -0.39 is 11.8 Å². The zero-order chi connectivity index (χ0) is 23.4. The van der Waals surface area contributed by atoms with Crippen LogP contribution in [0.15, 0.2) is 53.3 Å². The van der Waals surface area contributed by atoms with E-state index in [1.807, 2.05) is 37.3 Å². The molecule has 172 valence electrons. The Bertz CT molecular complexity index is 1200. The molecule has 0 saturated carbocycles. The van der Waals surface area contributed by atoms with E-state index in [9.17, 15) is 14.0 Å². The molecule has 0 aliphatic heterocycles. The molecule has 2 atom stereocenters. The van der Waals surface area contributed by atoms with Gasteiger partial charge in [0.15, 0.2) is 5.82 Å². The molecule has 4 rings (SSSR count). The number of aromatic nitrogens is 2. The fraction of sp³-hybridized carbons (Fsp3) is 0.292. The summed E-state index contributed by atoms with van der Waals surface area (Å²) in [5, 5.41) is 12.2. The molecule has 1 aliphatic rings. The third-order valence-electron chi connectivity index (χ3n) is 5.68. The van der Waals surface area contributed by atoms with Gasteiger partial charge in [0.2, 0.25) is 0 Å². The van der Waals surface area contributed by atoms with E-state index in [0.29, 0.717) is 12.8 Å². The van der Waals surface area contributed by atoms with Crippen molar-refractivity contribution in [3.8, 4) is 5.75 Å². The number of carbonyl (C=O) groups is 1. The minimum absolute atomic E-state index is 0.0501. The SMILES string of the molecule is CCC1CC(NC(=O)Nc2cc(Cl)c(OCc3ccccc3)cc2F)Cc2cc(=O)[nH]nc21. The molecule has 3 N–H and O–H groups in total. The molecule has 0 bridgehead atoms. The van der Waals surface area contributed by atoms with Gasteiger partial charge in [0.25, 0.3) is 5.56 Å². The smallest absolute Gasteiger partial charge is 0.319 e. The number of anilines is 1. The lowest BCUT2D eigenvalue weighted by Crippen LogP contribution is -2.43. The van der Waals surface area contributed by atoms with Crippen LogP contribution in [0.5, 0.6) is 5.75 Å². The first-order chi connectivity index (χ1) is 15.9. The number of fused-ring (bicyclic) bond motifs is 1. The van der Waals surface area contributed by atoms with Crippen molar-refractivity contribution in [2.45, 2.75) is 44.8 Å². The summed E-state index contributed by atoms with van der Waals surface area (Å²) < 4.78 is 20.2. The fourth-order valence-corrected chi connectivity index (χ4v) is 4.27. The van der Waals surface area contributed by atoms with Gasteiger partial charge < -0.3 is 15.4 Å². The summed E-state index contributed by atoms with van der Waals surface area (Å²) in [5.74, 6) is -0.353. The molecular formula is C24H24ClFN4O3. The van der Waals surface area contributed by atoms with E-state index in [0.717, 1.165) is 29.3 Å². The Morgan fingerprint density at radius 2 is 2.06 bits per heavy atom. The van der Waals surface area contributed by atoms with Crippen LogP contribution in [0.4, 0.5) is 14.9 Å². The number of amides is 2. The second-order valence-electron chi connectivity index (χ2n) is 8.02. The van der Waals surface area contributed by atoms with Crippen molar-refractivity contribution in [3.05, 3.63) is 86.5 Å². The molecule has 33 heavy (non-hydrogen) atoms. The van der Waals surface area contributed by atoms with Crippen LogP contribution in [0.1, 0.15) is 42.5 Å². The van der Waals surface area contributed by atoms with Gasteiger partial charge in [-0.1, -0.05) is 48.9 Å². The summed E-state index contributed by atoms with van der Waals surface area (Å²) in [6.45, 7) is 2.27. The Balaban J connectivity index is 1.40. The average Bonchev–Trinajstić information content (AvgIpc) is 2.80. The average molecular weight is 471 g/mol. The van der Waals surface area contributed by atoms with Gasteiger partial charge in [0.05, 0.1) is 16.4 Å². The number of urea groups is 1. The highest BCUT2D eigenvalue weighted by Crippen LogP contribution is 2.33. The second kappa shape index (κ2) is 10.0. The molecule has 2 aromatic carbocycles. The third-order valence-corrected chi connectivity index (χ3v) is 5.97. The van der Waals surface area contributed by atoms with Gasteiger partial charge in [0.1, 0.15) is 12.4 Å². The third kappa shape index (κ3) is 5.51. The standard InChI is InChI=1S/C24H24ClFN4O3/c1-2-15-8-17(9-16-10-22(31)29-30-23(15)16)27-24(32)28-20-11-18(25)21(12-19(20)26)33-13-14-6-4-3-5-7-14/h3-7,10-12,15,17H,2,8-9,13H2,1H3,(H,29,31)(H2,27,28,32). The van der Waals surface area contributed by atoms with Crippen molar-refractivity contribution in [2.75, 3.05) is 5.32 Å². The van der Waals surface area contributed by atoms with Crippen LogP contribution in [0, 0.1) is 5.82 Å². The molecule has 1 heterocycles. The second-order valence-corrected chi connectivity index (χ2v) is 8.43. The summed E-state index contributed by atoms with van der Waals surface area (Å²) in [6, 6.07) is 12.7. The summed E-state index contributed by atoms with van der Waals surface area (Å²) in [4.78, 5) is 24.2. The van der Waals surface area contributed by atoms with Crippen molar-refractivity contribution in [2.24, 2.45) is 0 Å². The van der Waals surface area contributed by atoms with E-state index in [1.165, 1.54) is 12.1 Å². The number of nitrogens with one attached hydrogen (secondary N) is 3. The van der Waals surface area contributed by atoms with Gasteiger partial charge in [0, 0.05) is 24.1 Å². The molecule has 9 heteroatoms. The van der Waals surface area contributed by atoms with Crippen LogP contribution >= 0.6 is 11.6 Å². The Hall–Kier alpha value is -3.39. The minimum atomic E-state index is -0.659. The molecule has 2 amide bonds. The maximum absolute atomic E-state index is 14.6. The lowest BCUT2D eigenvalue weighted by Gasteiger charge is -2.30. The number of carbonyl (C=O) groups excluding carboxylic acids is 1. The predicted octanol–water partition coefficient (Wildman–Crippen LogP) is 4.77. The Labute approximate surface area is 195 Å². The summed E-state index contributed by atoms with van der Waals surface area (Å²) >= 11 is 6.25. The zero-order valence-electron chi connectivity index (χ0n) is 18.0. The molecule has 1 aliphatic carbocycles.